The molecule has 2 amide bonds. The van der Waals surface area contributed by atoms with Crippen LogP contribution in [0.4, 0.5) is 5.69 Å². The molecule has 0 bridgehead atoms. The minimum absolute atomic E-state index is 0.209. The summed E-state index contributed by atoms with van der Waals surface area (Å²) in [6.45, 7) is 2.33. The van der Waals surface area contributed by atoms with Gasteiger partial charge in [0.25, 0.3) is 5.91 Å². The van der Waals surface area contributed by atoms with Gasteiger partial charge in [0.05, 0.1) is 27.0 Å². The summed E-state index contributed by atoms with van der Waals surface area (Å²) in [5, 5.41) is 5.55. The van der Waals surface area contributed by atoms with Gasteiger partial charge in [-0.25, -0.2) is 0 Å². The molecule has 2 rings (SSSR count). The van der Waals surface area contributed by atoms with Crippen molar-refractivity contribution in [2.24, 2.45) is 0 Å². The van der Waals surface area contributed by atoms with Gasteiger partial charge in [0, 0.05) is 18.5 Å². The molecular formula is C21H26N2O5. The lowest BCUT2D eigenvalue weighted by molar-refractivity contribution is -0.116. The Labute approximate surface area is 165 Å². The van der Waals surface area contributed by atoms with Gasteiger partial charge in [0.2, 0.25) is 5.91 Å². The van der Waals surface area contributed by atoms with Crippen molar-refractivity contribution in [3.63, 3.8) is 0 Å². The van der Waals surface area contributed by atoms with E-state index in [0.717, 1.165) is 11.3 Å². The van der Waals surface area contributed by atoms with Crippen LogP contribution in [0.5, 0.6) is 17.2 Å². The maximum absolute atomic E-state index is 12.5. The Kier molecular flexibility index (Phi) is 7.68. The highest BCUT2D eigenvalue weighted by Crippen LogP contribution is 2.36. The standard InChI is InChI=1S/C21H26N2O5/c1-5-22-21(25)15-12-16(20(28-4)18(13-15)27-3)23-19(24)11-10-14-8-6-7-9-17(14)26-2/h6-9,12-13H,5,10-11H2,1-4H3,(H,22,25)(H,23,24). The number of hydrogen-bond acceptors (Lipinski definition) is 5. The maximum atomic E-state index is 12.5. The lowest BCUT2D eigenvalue weighted by Gasteiger charge is -2.16. The van der Waals surface area contributed by atoms with Crippen molar-refractivity contribution < 1.29 is 23.8 Å². The third-order valence-electron chi connectivity index (χ3n) is 4.17. The molecule has 0 fully saturated rings. The molecular weight excluding hydrogens is 360 g/mol. The van der Waals surface area contributed by atoms with Crippen molar-refractivity contribution in [3.8, 4) is 17.2 Å². The van der Waals surface area contributed by atoms with E-state index in [-0.39, 0.29) is 18.2 Å². The molecule has 2 N–H and O–H groups in total. The molecule has 0 atom stereocenters. The number of amides is 2. The van der Waals surface area contributed by atoms with Crippen molar-refractivity contribution >= 4 is 17.5 Å². The number of hydrogen-bond donors (Lipinski definition) is 2. The zero-order valence-electron chi connectivity index (χ0n) is 16.6. The normalized spacial score (nSPS) is 10.1. The third kappa shape index (κ3) is 5.16. The van der Waals surface area contributed by atoms with Crippen LogP contribution in [-0.2, 0) is 11.2 Å². The second kappa shape index (κ2) is 10.2. The molecule has 0 saturated heterocycles. The fourth-order valence-electron chi connectivity index (χ4n) is 2.82. The Morgan fingerprint density at radius 3 is 2.32 bits per heavy atom. The molecule has 0 heterocycles. The molecule has 0 aliphatic heterocycles. The Balaban J connectivity index is 2.19. The van der Waals surface area contributed by atoms with Crippen LogP contribution in [-0.4, -0.2) is 39.7 Å². The first-order valence-corrected chi connectivity index (χ1v) is 9.00. The average molecular weight is 386 g/mol. The average Bonchev–Trinajstić information content (AvgIpc) is 2.71. The highest BCUT2D eigenvalue weighted by molar-refractivity contribution is 5.99. The van der Waals surface area contributed by atoms with Gasteiger partial charge in [-0.05, 0) is 37.1 Å². The van der Waals surface area contributed by atoms with Crippen molar-refractivity contribution in [1.29, 1.82) is 0 Å². The highest BCUT2D eigenvalue weighted by Gasteiger charge is 2.18. The number of rotatable bonds is 9. The minimum atomic E-state index is -0.257. The Morgan fingerprint density at radius 1 is 0.964 bits per heavy atom. The predicted molar refractivity (Wildman–Crippen MR) is 107 cm³/mol. The smallest absolute Gasteiger partial charge is 0.251 e. The molecule has 7 nitrogen and oxygen atoms in total. The van der Waals surface area contributed by atoms with E-state index in [2.05, 4.69) is 10.6 Å². The van der Waals surface area contributed by atoms with Crippen LogP contribution < -0.4 is 24.8 Å². The first-order valence-electron chi connectivity index (χ1n) is 9.00. The lowest BCUT2D eigenvalue weighted by Crippen LogP contribution is -2.23. The van der Waals surface area contributed by atoms with E-state index in [0.29, 0.717) is 35.7 Å². The molecule has 0 aliphatic carbocycles. The number of carbonyl (C=O) groups excluding carboxylic acids is 2. The van der Waals surface area contributed by atoms with Crippen LogP contribution >= 0.6 is 0 Å². The molecule has 7 heteroatoms. The van der Waals surface area contributed by atoms with E-state index in [4.69, 9.17) is 14.2 Å². The number of methoxy groups -OCH3 is 3. The molecule has 0 saturated carbocycles. The predicted octanol–water partition coefficient (Wildman–Crippen LogP) is 3.03. The Bertz CT molecular complexity index is 836. The van der Waals surface area contributed by atoms with Gasteiger partial charge in [0.15, 0.2) is 11.5 Å². The van der Waals surface area contributed by atoms with Gasteiger partial charge in [-0.1, -0.05) is 18.2 Å². The van der Waals surface area contributed by atoms with Gasteiger partial charge >= 0.3 is 0 Å². The number of ether oxygens (including phenoxy) is 3. The monoisotopic (exact) mass is 386 g/mol. The maximum Gasteiger partial charge on any atom is 0.251 e. The first-order chi connectivity index (χ1) is 13.5. The highest BCUT2D eigenvalue weighted by atomic mass is 16.5. The zero-order valence-corrected chi connectivity index (χ0v) is 16.6. The SMILES string of the molecule is CCNC(=O)c1cc(NC(=O)CCc2ccccc2OC)c(OC)c(OC)c1. The summed E-state index contributed by atoms with van der Waals surface area (Å²) < 4.78 is 16.0. The van der Waals surface area contributed by atoms with Crippen LogP contribution in [0.25, 0.3) is 0 Å². The summed E-state index contributed by atoms with van der Waals surface area (Å²) in [6.07, 6.45) is 0.766. The molecule has 0 aliphatic rings. The summed E-state index contributed by atoms with van der Waals surface area (Å²) in [4.78, 5) is 24.7. The second-order valence-electron chi connectivity index (χ2n) is 5.98. The van der Waals surface area contributed by atoms with Gasteiger partial charge in [-0.15, -0.1) is 0 Å². The van der Waals surface area contributed by atoms with E-state index < -0.39 is 0 Å². The van der Waals surface area contributed by atoms with Crippen LogP contribution in [0.15, 0.2) is 36.4 Å². The summed E-state index contributed by atoms with van der Waals surface area (Å²) >= 11 is 0. The van der Waals surface area contributed by atoms with Crippen molar-refractivity contribution in [2.45, 2.75) is 19.8 Å². The molecule has 2 aromatic rings. The Hall–Kier alpha value is -3.22. The van der Waals surface area contributed by atoms with Crippen molar-refractivity contribution in [1.82, 2.24) is 5.32 Å². The number of anilines is 1. The zero-order chi connectivity index (χ0) is 20.5. The van der Waals surface area contributed by atoms with Crippen LogP contribution in [0.3, 0.4) is 0 Å². The van der Waals surface area contributed by atoms with E-state index in [1.807, 2.05) is 31.2 Å². The topological polar surface area (TPSA) is 85.9 Å². The summed E-state index contributed by atoms with van der Waals surface area (Å²) in [5.74, 6) is 1.01. The number of nitrogens with one attached hydrogen (secondary N) is 2. The molecule has 0 radical (unpaired) electrons. The fourth-order valence-corrected chi connectivity index (χ4v) is 2.82. The largest absolute Gasteiger partial charge is 0.496 e. The number of carbonyl (C=O) groups is 2. The van der Waals surface area contributed by atoms with E-state index >= 15 is 0 Å². The molecule has 28 heavy (non-hydrogen) atoms. The fraction of sp³-hybridized carbons (Fsp3) is 0.333. The van der Waals surface area contributed by atoms with E-state index in [1.54, 1.807) is 19.2 Å². The number of aryl methyl sites for hydroxylation is 1. The van der Waals surface area contributed by atoms with Crippen molar-refractivity contribution in [3.05, 3.63) is 47.5 Å². The molecule has 2 aromatic carbocycles. The number of benzene rings is 2. The summed E-state index contributed by atoms with van der Waals surface area (Å²) in [5.41, 5.74) is 1.70. The summed E-state index contributed by atoms with van der Waals surface area (Å²) in [7, 11) is 4.56. The molecule has 0 unspecified atom stereocenters. The molecule has 0 aromatic heterocycles. The lowest BCUT2D eigenvalue weighted by atomic mass is 10.1. The second-order valence-corrected chi connectivity index (χ2v) is 5.98. The van der Waals surface area contributed by atoms with E-state index in [1.165, 1.54) is 14.2 Å². The van der Waals surface area contributed by atoms with Gasteiger partial charge in [-0.3, -0.25) is 9.59 Å². The van der Waals surface area contributed by atoms with E-state index in [9.17, 15) is 9.59 Å². The molecule has 0 spiro atoms. The van der Waals surface area contributed by atoms with Crippen LogP contribution in [0.2, 0.25) is 0 Å². The van der Waals surface area contributed by atoms with Crippen LogP contribution in [0.1, 0.15) is 29.3 Å². The quantitative estimate of drug-likeness (QED) is 0.692. The van der Waals surface area contributed by atoms with Crippen LogP contribution in [0, 0.1) is 0 Å². The van der Waals surface area contributed by atoms with Crippen molar-refractivity contribution in [2.75, 3.05) is 33.2 Å². The van der Waals surface area contributed by atoms with Gasteiger partial charge in [0.1, 0.15) is 5.75 Å². The van der Waals surface area contributed by atoms with Gasteiger partial charge in [-0.2, -0.15) is 0 Å². The van der Waals surface area contributed by atoms with Gasteiger partial charge < -0.3 is 24.8 Å². The number of para-hydroxylation sites is 1. The first kappa shape index (κ1) is 21.1. The molecule has 150 valence electrons. The Morgan fingerprint density at radius 2 is 1.68 bits per heavy atom. The summed E-state index contributed by atoms with van der Waals surface area (Å²) in [6, 6.07) is 10.7. The third-order valence-corrected chi connectivity index (χ3v) is 4.17. The minimum Gasteiger partial charge on any atom is -0.496 e.